The highest BCUT2D eigenvalue weighted by Gasteiger charge is 2.23. The van der Waals surface area contributed by atoms with Crippen molar-refractivity contribution >= 4 is 57.4 Å². The van der Waals surface area contributed by atoms with Crippen LogP contribution in [0.15, 0.2) is 94.1 Å². The van der Waals surface area contributed by atoms with Crippen LogP contribution in [0.2, 0.25) is 0 Å². The summed E-state index contributed by atoms with van der Waals surface area (Å²) in [5.41, 5.74) is 26.5. The molecule has 1 amide bonds. The van der Waals surface area contributed by atoms with E-state index >= 15 is 0 Å². The van der Waals surface area contributed by atoms with E-state index in [4.69, 9.17) is 22.9 Å². The molecule has 0 saturated heterocycles. The second kappa shape index (κ2) is 26.1. The van der Waals surface area contributed by atoms with Gasteiger partial charge in [0, 0.05) is 66.5 Å². The van der Waals surface area contributed by atoms with Crippen molar-refractivity contribution < 1.29 is 4.79 Å². The van der Waals surface area contributed by atoms with E-state index < -0.39 is 0 Å². The number of rotatable bonds is 6. The fourth-order valence-electron chi connectivity index (χ4n) is 7.34. The molecule has 3 aliphatic heterocycles. The van der Waals surface area contributed by atoms with E-state index in [1.807, 2.05) is 73.6 Å². The van der Waals surface area contributed by atoms with E-state index in [1.54, 1.807) is 44.4 Å². The molecule has 6 aromatic rings. The summed E-state index contributed by atoms with van der Waals surface area (Å²) in [6.45, 7) is 39.2. The second-order valence-electron chi connectivity index (χ2n) is 19.5. The number of nitrogens with zero attached hydrogens (tertiary/aromatic N) is 15. The number of anilines is 3. The molecule has 410 valence electrons. The number of amidine groups is 2. The number of aryl methyl sites for hydroxylation is 3. The van der Waals surface area contributed by atoms with Crippen molar-refractivity contribution in [2.24, 2.45) is 21.5 Å². The SMILES string of the molecule is C=C1N=C(N)C=CN1C(C)C.C=C1NC(=O)C=CN1C(C)C.CC1=NC(N)c2ncn(C(C)C)c2N1.Cc1cn(C(C)C)c(=O)[nH]c1=O.Cc1nc(N)c2ncn(C(C)C)c2n1.Cc1nc(N)c2ncn(C(C)C)c2n1. The van der Waals surface area contributed by atoms with Crippen molar-refractivity contribution in [2.45, 2.75) is 153 Å². The van der Waals surface area contributed by atoms with Crippen LogP contribution >= 0.6 is 0 Å². The third-order valence-electron chi connectivity index (χ3n) is 11.3. The summed E-state index contributed by atoms with van der Waals surface area (Å²) in [5, 5.41) is 5.81. The topological polar surface area (TPSA) is 336 Å². The van der Waals surface area contributed by atoms with Crippen LogP contribution in [0.1, 0.15) is 143 Å². The Hall–Kier alpha value is -8.48. The molecule has 6 aromatic heterocycles. The second-order valence-corrected chi connectivity index (χ2v) is 19.5. The van der Waals surface area contributed by atoms with Crippen LogP contribution in [0.3, 0.4) is 0 Å². The molecule has 76 heavy (non-hydrogen) atoms. The van der Waals surface area contributed by atoms with Gasteiger partial charge in [-0.05, 0) is 117 Å². The fourth-order valence-corrected chi connectivity index (χ4v) is 7.34. The molecule has 1 unspecified atom stereocenters. The van der Waals surface area contributed by atoms with Gasteiger partial charge in [-0.15, -0.1) is 0 Å². The van der Waals surface area contributed by atoms with E-state index in [9.17, 15) is 14.4 Å². The van der Waals surface area contributed by atoms with Crippen molar-refractivity contribution in [3.8, 4) is 0 Å². The molecule has 0 bridgehead atoms. The van der Waals surface area contributed by atoms with Crippen LogP contribution in [0.5, 0.6) is 0 Å². The Morgan fingerprint density at radius 3 is 1.51 bits per heavy atom. The first kappa shape index (κ1) is 60.1. The quantitative estimate of drug-likeness (QED) is 0.0983. The number of amides is 1. The van der Waals surface area contributed by atoms with Gasteiger partial charge in [0.1, 0.15) is 63.7 Å². The average Bonchev–Trinajstić information content (AvgIpc) is 4.06. The van der Waals surface area contributed by atoms with Crippen LogP contribution in [0.4, 0.5) is 17.5 Å². The van der Waals surface area contributed by atoms with Gasteiger partial charge < -0.3 is 57.1 Å². The van der Waals surface area contributed by atoms with Crippen molar-refractivity contribution in [2.75, 3.05) is 16.8 Å². The molecule has 1 atom stereocenters. The number of hydrogen-bond acceptors (Lipinski definition) is 19. The number of nitrogens with one attached hydrogen (secondary N) is 3. The molecule has 0 aromatic carbocycles. The number of imidazole rings is 3. The maximum atomic E-state index is 11.1. The number of H-pyrrole nitrogens is 1. The summed E-state index contributed by atoms with van der Waals surface area (Å²) < 4.78 is 7.53. The third-order valence-corrected chi connectivity index (χ3v) is 11.3. The van der Waals surface area contributed by atoms with Crippen molar-refractivity contribution in [1.29, 1.82) is 0 Å². The number of nitrogens with two attached hydrogens (primary N) is 4. The molecule has 0 fully saturated rings. The molecular formula is C51H78N22O3. The number of aliphatic imine (C=N–C) groups is 2. The largest absolute Gasteiger partial charge is 0.384 e. The lowest BCUT2D eigenvalue weighted by Gasteiger charge is -2.29. The van der Waals surface area contributed by atoms with Gasteiger partial charge in [-0.1, -0.05) is 13.2 Å². The summed E-state index contributed by atoms with van der Waals surface area (Å²) >= 11 is 0. The van der Waals surface area contributed by atoms with Gasteiger partial charge in [-0.25, -0.2) is 49.7 Å². The van der Waals surface area contributed by atoms with Gasteiger partial charge in [0.15, 0.2) is 22.9 Å². The molecular weight excluding hydrogens is 969 g/mol. The predicted octanol–water partition coefficient (Wildman–Crippen LogP) is 6.15. The molecule has 0 spiro atoms. The van der Waals surface area contributed by atoms with Crippen LogP contribution in [-0.2, 0) is 4.79 Å². The maximum absolute atomic E-state index is 11.1. The minimum atomic E-state index is -0.347. The molecule has 0 aliphatic carbocycles. The van der Waals surface area contributed by atoms with Crippen molar-refractivity contribution in [3.63, 3.8) is 0 Å². The minimum absolute atomic E-state index is 0.0769. The fraction of sp³-hybridized carbons (Fsp3) is 0.451. The number of aromatic amines is 1. The highest BCUT2D eigenvalue weighted by Crippen LogP contribution is 2.28. The molecule has 11 N–H and O–H groups in total. The smallest absolute Gasteiger partial charge is 0.328 e. The molecule has 9 heterocycles. The highest BCUT2D eigenvalue weighted by molar-refractivity contribution is 5.95. The molecule has 25 heteroatoms. The number of carbonyl (C=O) groups excluding carboxylic acids is 1. The zero-order valence-electron chi connectivity index (χ0n) is 46.8. The third kappa shape index (κ3) is 15.5. The maximum Gasteiger partial charge on any atom is 0.328 e. The first-order valence-electron chi connectivity index (χ1n) is 24.9. The molecule has 0 radical (unpaired) electrons. The lowest BCUT2D eigenvalue weighted by molar-refractivity contribution is -0.116. The van der Waals surface area contributed by atoms with E-state index in [0.717, 1.165) is 28.6 Å². The normalized spacial score (nSPS) is 14.7. The predicted molar refractivity (Wildman–Crippen MR) is 303 cm³/mol. The van der Waals surface area contributed by atoms with Crippen LogP contribution in [0, 0.1) is 20.8 Å². The number of carbonyl (C=O) groups is 1. The van der Waals surface area contributed by atoms with E-state index in [0.29, 0.717) is 87.6 Å². The molecule has 9 rings (SSSR count). The summed E-state index contributed by atoms with van der Waals surface area (Å²) in [7, 11) is 0. The van der Waals surface area contributed by atoms with Crippen LogP contribution < -0.4 is 44.8 Å². The van der Waals surface area contributed by atoms with Gasteiger partial charge in [0.25, 0.3) is 11.5 Å². The Morgan fingerprint density at radius 1 is 0.592 bits per heavy atom. The van der Waals surface area contributed by atoms with Gasteiger partial charge in [-0.3, -0.25) is 19.1 Å². The van der Waals surface area contributed by atoms with Gasteiger partial charge in [0.05, 0.1) is 19.0 Å². The average molecular weight is 1050 g/mol. The Balaban J connectivity index is 0.000000198. The Labute approximate surface area is 443 Å². The van der Waals surface area contributed by atoms with E-state index in [2.05, 4.69) is 134 Å². The Morgan fingerprint density at radius 2 is 1.07 bits per heavy atom. The Kier molecular flexibility index (Phi) is 20.7. The lowest BCUT2D eigenvalue weighted by Crippen LogP contribution is -2.38. The van der Waals surface area contributed by atoms with E-state index in [1.165, 1.54) is 10.6 Å². The number of aromatic nitrogens is 12. The Bertz CT molecular complexity index is 3160. The first-order valence-corrected chi connectivity index (χ1v) is 24.9. The first-order chi connectivity index (χ1) is 35.5. The van der Waals surface area contributed by atoms with Crippen molar-refractivity contribution in [3.05, 3.63) is 118 Å². The van der Waals surface area contributed by atoms with Crippen LogP contribution in [-0.4, -0.2) is 97.6 Å². The standard InChI is InChI=1S/C9H15N5.2C9H13N5.C8H13N3.C8H12N2O2.C8H12N2O/c3*1-5(2)14-4-11-7-8(10)12-6(3)13-9(7)14;1-6(2)11-5-4-8(9)10-7(11)3;1-5(2)10-4-6(3)7(11)9-8(10)12;1-6(2)10-5-4-8(11)9-7(10)3/h4-5,8H,10H2,1-3H3,(H,12,13);2*4-5H,1-3H3,(H2,10,12,13);4-6H,3H2,1-2H3,(H2,9,10);4-5H,1-3H3,(H,9,11,12);4-6H,3H2,1-2H3,(H,9,11). The number of nitrogen functional groups attached to an aromatic ring is 2. The molecule has 0 saturated carbocycles. The summed E-state index contributed by atoms with van der Waals surface area (Å²) in [6, 6.07) is 1.82. The number of hydrogen-bond donors (Lipinski definition) is 7. The summed E-state index contributed by atoms with van der Waals surface area (Å²) in [4.78, 5) is 76.6. The zero-order chi connectivity index (χ0) is 57.0. The van der Waals surface area contributed by atoms with Crippen LogP contribution in [0.25, 0.3) is 22.3 Å². The highest BCUT2D eigenvalue weighted by atomic mass is 16.2. The lowest BCUT2D eigenvalue weighted by atomic mass is 10.3. The van der Waals surface area contributed by atoms with E-state index in [-0.39, 0.29) is 29.4 Å². The van der Waals surface area contributed by atoms with Gasteiger partial charge >= 0.3 is 5.69 Å². The number of fused-ring (bicyclic) bond motifs is 3. The minimum Gasteiger partial charge on any atom is -0.384 e. The molecule has 25 nitrogen and oxygen atoms in total. The van der Waals surface area contributed by atoms with Gasteiger partial charge in [-0.2, -0.15) is 0 Å². The van der Waals surface area contributed by atoms with Crippen molar-refractivity contribution in [1.82, 2.24) is 73.3 Å². The summed E-state index contributed by atoms with van der Waals surface area (Å²) in [5.74, 6) is 5.84. The summed E-state index contributed by atoms with van der Waals surface area (Å²) in [6.07, 6.45) is 13.5. The molecule has 3 aliphatic rings. The monoisotopic (exact) mass is 1050 g/mol. The van der Waals surface area contributed by atoms with Gasteiger partial charge in [0.2, 0.25) is 0 Å². The zero-order valence-corrected chi connectivity index (χ0v) is 46.8.